The van der Waals surface area contributed by atoms with E-state index < -0.39 is 11.9 Å². The van der Waals surface area contributed by atoms with Gasteiger partial charge in [-0.3, -0.25) is 9.59 Å². The van der Waals surface area contributed by atoms with Gasteiger partial charge >= 0.3 is 5.97 Å². The van der Waals surface area contributed by atoms with E-state index in [0.29, 0.717) is 5.56 Å². The molecule has 0 amide bonds. The van der Waals surface area contributed by atoms with Crippen LogP contribution >= 0.6 is 0 Å². The third-order valence-electron chi connectivity index (χ3n) is 3.42. The Labute approximate surface area is 106 Å². The minimum atomic E-state index is -0.934. The van der Waals surface area contributed by atoms with Gasteiger partial charge in [0.25, 0.3) is 0 Å². The zero-order chi connectivity index (χ0) is 13.3. The van der Waals surface area contributed by atoms with Crippen molar-refractivity contribution in [3.63, 3.8) is 0 Å². The Morgan fingerprint density at radius 1 is 1.44 bits per heavy atom. The van der Waals surface area contributed by atoms with Crippen molar-refractivity contribution in [3.8, 4) is 0 Å². The standard InChI is InChI=1S/C14H17NO3/c1-9(7-13(16)17)14(18)11-3-4-12-10(8-11)5-6-15(12)2/h3-4,8-9H,5-7H2,1-2H3,(H,16,17). The maximum absolute atomic E-state index is 12.1. The van der Waals surface area contributed by atoms with E-state index in [1.807, 2.05) is 19.2 Å². The fraction of sp³-hybridized carbons (Fsp3) is 0.429. The third kappa shape index (κ3) is 2.37. The highest BCUT2D eigenvalue weighted by Gasteiger charge is 2.21. The van der Waals surface area contributed by atoms with E-state index in [-0.39, 0.29) is 12.2 Å². The van der Waals surface area contributed by atoms with Crippen molar-refractivity contribution in [3.05, 3.63) is 29.3 Å². The summed E-state index contributed by atoms with van der Waals surface area (Å²) < 4.78 is 0. The lowest BCUT2D eigenvalue weighted by atomic mass is 9.95. The number of ketones is 1. The molecule has 1 aliphatic rings. The number of hydrogen-bond acceptors (Lipinski definition) is 3. The Morgan fingerprint density at radius 2 is 2.17 bits per heavy atom. The zero-order valence-electron chi connectivity index (χ0n) is 10.6. The van der Waals surface area contributed by atoms with Gasteiger partial charge in [0.1, 0.15) is 0 Å². The van der Waals surface area contributed by atoms with Crippen LogP contribution in [0.25, 0.3) is 0 Å². The Kier molecular flexibility index (Phi) is 3.36. The highest BCUT2D eigenvalue weighted by atomic mass is 16.4. The first-order chi connectivity index (χ1) is 8.49. The Hall–Kier alpha value is -1.84. The van der Waals surface area contributed by atoms with Gasteiger partial charge in [0.2, 0.25) is 0 Å². The number of benzene rings is 1. The lowest BCUT2D eigenvalue weighted by molar-refractivity contribution is -0.137. The number of likely N-dealkylation sites (N-methyl/N-ethyl adjacent to an activating group) is 1. The molecule has 18 heavy (non-hydrogen) atoms. The molecule has 1 aromatic carbocycles. The lowest BCUT2D eigenvalue weighted by Gasteiger charge is -2.13. The van der Waals surface area contributed by atoms with Gasteiger partial charge in [-0.15, -0.1) is 0 Å². The Balaban J connectivity index is 2.20. The quantitative estimate of drug-likeness (QED) is 0.826. The molecule has 4 nitrogen and oxygen atoms in total. The van der Waals surface area contributed by atoms with Crippen molar-refractivity contribution >= 4 is 17.4 Å². The lowest BCUT2D eigenvalue weighted by Crippen LogP contribution is -2.15. The fourth-order valence-corrected chi connectivity index (χ4v) is 2.36. The minimum Gasteiger partial charge on any atom is -0.481 e. The number of nitrogens with zero attached hydrogens (tertiary/aromatic N) is 1. The Morgan fingerprint density at radius 3 is 2.83 bits per heavy atom. The van der Waals surface area contributed by atoms with Gasteiger partial charge in [-0.25, -0.2) is 0 Å². The average Bonchev–Trinajstić information content (AvgIpc) is 2.69. The summed E-state index contributed by atoms with van der Waals surface area (Å²) in [6, 6.07) is 5.64. The molecule has 1 atom stereocenters. The van der Waals surface area contributed by atoms with Crippen LogP contribution < -0.4 is 4.90 Å². The molecule has 0 aliphatic carbocycles. The second kappa shape index (κ2) is 4.80. The maximum atomic E-state index is 12.1. The first-order valence-electron chi connectivity index (χ1n) is 6.09. The van der Waals surface area contributed by atoms with E-state index in [2.05, 4.69) is 4.90 Å². The summed E-state index contributed by atoms with van der Waals surface area (Å²) in [5.41, 5.74) is 2.96. The monoisotopic (exact) mass is 247 g/mol. The Bertz CT molecular complexity index is 496. The first kappa shape index (κ1) is 12.6. The van der Waals surface area contributed by atoms with Crippen LogP contribution in [0.15, 0.2) is 18.2 Å². The van der Waals surface area contributed by atoms with Gasteiger partial charge in [0, 0.05) is 30.8 Å². The molecular weight excluding hydrogens is 230 g/mol. The van der Waals surface area contributed by atoms with Gasteiger partial charge in [-0.2, -0.15) is 0 Å². The molecule has 1 aromatic rings. The molecule has 1 unspecified atom stereocenters. The first-order valence-corrected chi connectivity index (χ1v) is 6.09. The van der Waals surface area contributed by atoms with Crippen LogP contribution in [0.2, 0.25) is 0 Å². The second-order valence-electron chi connectivity index (χ2n) is 4.88. The van der Waals surface area contributed by atoms with E-state index in [1.54, 1.807) is 13.0 Å². The molecule has 1 heterocycles. The third-order valence-corrected chi connectivity index (χ3v) is 3.42. The van der Waals surface area contributed by atoms with Crippen molar-refractivity contribution in [2.24, 2.45) is 5.92 Å². The molecule has 0 saturated heterocycles. The fourth-order valence-electron chi connectivity index (χ4n) is 2.36. The van der Waals surface area contributed by atoms with Gasteiger partial charge in [0.05, 0.1) is 6.42 Å². The van der Waals surface area contributed by atoms with Crippen LogP contribution in [0.1, 0.15) is 29.3 Å². The van der Waals surface area contributed by atoms with E-state index in [9.17, 15) is 9.59 Å². The molecule has 96 valence electrons. The summed E-state index contributed by atoms with van der Waals surface area (Å²) in [4.78, 5) is 24.9. The molecule has 0 fully saturated rings. The predicted molar refractivity (Wildman–Crippen MR) is 69.2 cm³/mol. The highest BCUT2D eigenvalue weighted by Crippen LogP contribution is 2.28. The number of carbonyl (C=O) groups is 2. The van der Waals surface area contributed by atoms with Gasteiger partial charge in [-0.1, -0.05) is 6.92 Å². The van der Waals surface area contributed by atoms with Crippen molar-refractivity contribution in [2.75, 3.05) is 18.5 Å². The van der Waals surface area contributed by atoms with E-state index in [4.69, 9.17) is 5.11 Å². The van der Waals surface area contributed by atoms with Crippen LogP contribution in [-0.4, -0.2) is 30.5 Å². The van der Waals surface area contributed by atoms with Crippen molar-refractivity contribution in [1.82, 2.24) is 0 Å². The highest BCUT2D eigenvalue weighted by molar-refractivity contribution is 5.99. The summed E-state index contributed by atoms with van der Waals surface area (Å²) in [7, 11) is 2.03. The molecule has 4 heteroatoms. The largest absolute Gasteiger partial charge is 0.481 e. The predicted octanol–water partition coefficient (Wildman–Crippen LogP) is 1.97. The van der Waals surface area contributed by atoms with Crippen LogP contribution in [0, 0.1) is 5.92 Å². The molecule has 0 aromatic heterocycles. The molecule has 1 aliphatic heterocycles. The number of Topliss-reactive ketones (excluding diaryl/α,β-unsaturated/α-hetero) is 1. The summed E-state index contributed by atoms with van der Waals surface area (Å²) >= 11 is 0. The van der Waals surface area contributed by atoms with Crippen LogP contribution in [0.5, 0.6) is 0 Å². The minimum absolute atomic E-state index is 0.0882. The maximum Gasteiger partial charge on any atom is 0.304 e. The average molecular weight is 247 g/mol. The molecule has 2 rings (SSSR count). The van der Waals surface area contributed by atoms with E-state index in [0.717, 1.165) is 18.7 Å². The van der Waals surface area contributed by atoms with Crippen LogP contribution in [0.3, 0.4) is 0 Å². The van der Waals surface area contributed by atoms with Crippen molar-refractivity contribution in [2.45, 2.75) is 19.8 Å². The van der Waals surface area contributed by atoms with Gasteiger partial charge < -0.3 is 10.0 Å². The molecule has 0 spiro atoms. The number of carboxylic acids is 1. The topological polar surface area (TPSA) is 57.6 Å². The number of rotatable bonds is 4. The van der Waals surface area contributed by atoms with Gasteiger partial charge in [0.15, 0.2) is 5.78 Å². The number of fused-ring (bicyclic) bond motifs is 1. The number of carbonyl (C=O) groups excluding carboxylic acids is 1. The molecular formula is C14H17NO3. The van der Waals surface area contributed by atoms with Crippen molar-refractivity contribution < 1.29 is 14.7 Å². The normalized spacial score (nSPS) is 15.3. The second-order valence-corrected chi connectivity index (χ2v) is 4.88. The van der Waals surface area contributed by atoms with Crippen molar-refractivity contribution in [1.29, 1.82) is 0 Å². The number of hydrogen-bond donors (Lipinski definition) is 1. The van der Waals surface area contributed by atoms with E-state index in [1.165, 1.54) is 5.56 Å². The summed E-state index contributed by atoms with van der Waals surface area (Å²) in [5.74, 6) is -1.49. The van der Waals surface area contributed by atoms with Gasteiger partial charge in [-0.05, 0) is 30.2 Å². The van der Waals surface area contributed by atoms with Crippen LogP contribution in [0.4, 0.5) is 5.69 Å². The molecule has 0 saturated carbocycles. The number of aliphatic carboxylic acids is 1. The molecule has 0 bridgehead atoms. The van der Waals surface area contributed by atoms with Crippen LogP contribution in [-0.2, 0) is 11.2 Å². The number of carboxylic acid groups (broad SMARTS) is 1. The van der Waals surface area contributed by atoms with E-state index >= 15 is 0 Å². The zero-order valence-corrected chi connectivity index (χ0v) is 10.6. The molecule has 0 radical (unpaired) electrons. The summed E-state index contributed by atoms with van der Waals surface area (Å²) in [5, 5.41) is 8.71. The summed E-state index contributed by atoms with van der Waals surface area (Å²) in [6.45, 7) is 2.63. The number of anilines is 1. The summed E-state index contributed by atoms with van der Waals surface area (Å²) in [6.07, 6.45) is 0.829. The smallest absolute Gasteiger partial charge is 0.304 e. The SMILES string of the molecule is CC(CC(=O)O)C(=O)c1ccc2c(c1)CCN2C. The molecule has 1 N–H and O–H groups in total.